The van der Waals surface area contributed by atoms with Crippen LogP contribution in [0.15, 0.2) is 103 Å². The monoisotopic (exact) mass is 483 g/mol. The molecule has 0 amide bonds. The minimum atomic E-state index is 0.538. The molecule has 5 aromatic rings. The molecule has 5 rings (SSSR count). The normalized spacial score (nSPS) is 11.0. The summed E-state index contributed by atoms with van der Waals surface area (Å²) >= 11 is 0. The van der Waals surface area contributed by atoms with Crippen molar-refractivity contribution < 1.29 is 0 Å². The van der Waals surface area contributed by atoms with Crippen molar-refractivity contribution in [3.63, 3.8) is 0 Å². The maximum Gasteiger partial charge on any atom is 0.0718 e. The Morgan fingerprint density at radius 3 is 1.62 bits per heavy atom. The van der Waals surface area contributed by atoms with Gasteiger partial charge in [0.15, 0.2) is 0 Å². The molecule has 184 valence electrons. The van der Waals surface area contributed by atoms with Crippen molar-refractivity contribution in [3.05, 3.63) is 120 Å². The van der Waals surface area contributed by atoms with E-state index in [0.29, 0.717) is 6.54 Å². The van der Waals surface area contributed by atoms with Crippen LogP contribution in [0.1, 0.15) is 30.5 Å². The van der Waals surface area contributed by atoms with Crippen LogP contribution in [0.2, 0.25) is 0 Å². The summed E-state index contributed by atoms with van der Waals surface area (Å²) in [6.45, 7) is 4.91. The Balaban J connectivity index is 1.66. The van der Waals surface area contributed by atoms with Crippen molar-refractivity contribution in [2.75, 3.05) is 5.73 Å². The molecular formula is C34H33N3. The van der Waals surface area contributed by atoms with Gasteiger partial charge in [0.2, 0.25) is 0 Å². The third-order valence-electron chi connectivity index (χ3n) is 7.06. The van der Waals surface area contributed by atoms with Gasteiger partial charge in [-0.15, -0.1) is 0 Å². The van der Waals surface area contributed by atoms with E-state index in [1.54, 1.807) is 0 Å². The lowest BCUT2D eigenvalue weighted by molar-refractivity contribution is 1.07. The second-order valence-corrected chi connectivity index (χ2v) is 9.35. The van der Waals surface area contributed by atoms with Crippen LogP contribution in [0.25, 0.3) is 44.8 Å². The van der Waals surface area contributed by atoms with Gasteiger partial charge < -0.3 is 11.5 Å². The number of aromatic nitrogens is 1. The van der Waals surface area contributed by atoms with Crippen molar-refractivity contribution >= 4 is 5.69 Å². The number of anilines is 1. The van der Waals surface area contributed by atoms with E-state index in [0.717, 1.165) is 68.9 Å². The zero-order valence-corrected chi connectivity index (χ0v) is 21.5. The summed E-state index contributed by atoms with van der Waals surface area (Å²) in [5.74, 6) is 0. The van der Waals surface area contributed by atoms with Gasteiger partial charge in [-0.2, -0.15) is 0 Å². The number of hydrogen-bond donors (Lipinski definition) is 2. The van der Waals surface area contributed by atoms with Crippen LogP contribution >= 0.6 is 0 Å². The van der Waals surface area contributed by atoms with Gasteiger partial charge in [0.25, 0.3) is 0 Å². The number of hydrogen-bond acceptors (Lipinski definition) is 3. The summed E-state index contributed by atoms with van der Waals surface area (Å²) in [4.78, 5) is 5.18. The lowest BCUT2D eigenvalue weighted by atomic mass is 9.93. The Morgan fingerprint density at radius 1 is 0.568 bits per heavy atom. The lowest BCUT2D eigenvalue weighted by Gasteiger charge is -2.15. The first-order chi connectivity index (χ1) is 18.1. The van der Waals surface area contributed by atoms with Gasteiger partial charge in [0.05, 0.1) is 11.4 Å². The first kappa shape index (κ1) is 24.5. The van der Waals surface area contributed by atoms with Crippen molar-refractivity contribution in [1.82, 2.24) is 4.98 Å². The first-order valence-electron chi connectivity index (χ1n) is 13.0. The molecule has 0 fully saturated rings. The van der Waals surface area contributed by atoms with E-state index in [9.17, 15) is 0 Å². The molecule has 4 aromatic carbocycles. The van der Waals surface area contributed by atoms with Crippen LogP contribution in [0, 0.1) is 0 Å². The van der Waals surface area contributed by atoms with E-state index in [-0.39, 0.29) is 0 Å². The molecule has 3 nitrogen and oxygen atoms in total. The third kappa shape index (κ3) is 5.04. The van der Waals surface area contributed by atoms with E-state index < -0.39 is 0 Å². The van der Waals surface area contributed by atoms with Crippen LogP contribution in [0.3, 0.4) is 0 Å². The van der Waals surface area contributed by atoms with Crippen LogP contribution < -0.4 is 11.5 Å². The second kappa shape index (κ2) is 10.8. The largest absolute Gasteiger partial charge is 0.398 e. The molecule has 3 heteroatoms. The minimum absolute atomic E-state index is 0.538. The zero-order valence-electron chi connectivity index (χ0n) is 21.5. The topological polar surface area (TPSA) is 64.9 Å². The molecule has 1 aromatic heterocycles. The molecule has 0 aliphatic rings. The molecule has 0 atom stereocenters. The molecule has 0 aliphatic heterocycles. The number of aryl methyl sites for hydroxylation is 2. The van der Waals surface area contributed by atoms with Crippen LogP contribution in [-0.2, 0) is 19.4 Å². The number of rotatable bonds is 7. The smallest absolute Gasteiger partial charge is 0.0718 e. The standard InChI is InChI=1S/C34H33N3/c1-3-24-9-5-7-11-30(24)33-20-28(21-34(37-33)31-12-8-6-10-25(31)4-2)29-18-17-27(19-32(29)36)26-15-13-23(22-35)14-16-26/h5-21H,3-4,22,35-36H2,1-2H3. The van der Waals surface area contributed by atoms with Gasteiger partial charge in [0, 0.05) is 28.9 Å². The molecule has 0 saturated heterocycles. The van der Waals surface area contributed by atoms with Crippen molar-refractivity contribution in [2.24, 2.45) is 5.73 Å². The highest BCUT2D eigenvalue weighted by Crippen LogP contribution is 2.36. The average Bonchev–Trinajstić information content (AvgIpc) is 2.96. The predicted octanol–water partition coefficient (Wildman–Crippen LogP) is 7.92. The summed E-state index contributed by atoms with van der Waals surface area (Å²) in [7, 11) is 0. The summed E-state index contributed by atoms with van der Waals surface area (Å²) in [5, 5.41) is 0. The minimum Gasteiger partial charge on any atom is -0.398 e. The van der Waals surface area contributed by atoms with Crippen molar-refractivity contribution in [3.8, 4) is 44.8 Å². The van der Waals surface area contributed by atoms with Gasteiger partial charge in [-0.05, 0) is 64.4 Å². The molecular weight excluding hydrogens is 450 g/mol. The van der Waals surface area contributed by atoms with Crippen LogP contribution in [0.5, 0.6) is 0 Å². The maximum absolute atomic E-state index is 6.70. The zero-order chi connectivity index (χ0) is 25.8. The van der Waals surface area contributed by atoms with E-state index in [4.69, 9.17) is 16.5 Å². The van der Waals surface area contributed by atoms with Gasteiger partial charge in [-0.3, -0.25) is 0 Å². The Hall–Kier alpha value is -4.21. The Kier molecular flexibility index (Phi) is 7.16. The maximum atomic E-state index is 6.70. The Bertz CT molecular complexity index is 1470. The van der Waals surface area contributed by atoms with Gasteiger partial charge in [0.1, 0.15) is 0 Å². The number of nitrogens with zero attached hydrogens (tertiary/aromatic N) is 1. The molecule has 0 aliphatic carbocycles. The van der Waals surface area contributed by atoms with Crippen molar-refractivity contribution in [2.45, 2.75) is 33.2 Å². The van der Waals surface area contributed by atoms with Gasteiger partial charge in [-0.25, -0.2) is 4.98 Å². The van der Waals surface area contributed by atoms with Crippen LogP contribution in [-0.4, -0.2) is 4.98 Å². The predicted molar refractivity (Wildman–Crippen MR) is 157 cm³/mol. The number of benzene rings is 4. The van der Waals surface area contributed by atoms with E-state index in [1.807, 2.05) is 0 Å². The number of nitrogens with two attached hydrogens (primary N) is 2. The highest BCUT2D eigenvalue weighted by Gasteiger charge is 2.14. The van der Waals surface area contributed by atoms with Crippen molar-refractivity contribution in [1.29, 1.82) is 0 Å². The summed E-state index contributed by atoms with van der Waals surface area (Å²) < 4.78 is 0. The quantitative estimate of drug-likeness (QED) is 0.231. The number of nitrogen functional groups attached to an aromatic ring is 1. The fourth-order valence-electron chi connectivity index (χ4n) is 4.96. The second-order valence-electron chi connectivity index (χ2n) is 9.35. The van der Waals surface area contributed by atoms with E-state index >= 15 is 0 Å². The third-order valence-corrected chi connectivity index (χ3v) is 7.06. The average molecular weight is 484 g/mol. The molecule has 0 spiro atoms. The Morgan fingerprint density at radius 2 is 1.11 bits per heavy atom. The SMILES string of the molecule is CCc1ccccc1-c1cc(-c2ccc(-c3ccc(CN)cc3)cc2N)cc(-c2ccccc2CC)n1. The summed E-state index contributed by atoms with van der Waals surface area (Å²) in [5.41, 5.74) is 25.5. The summed E-state index contributed by atoms with van der Waals surface area (Å²) in [6.07, 6.45) is 1.89. The molecule has 0 saturated carbocycles. The highest BCUT2D eigenvalue weighted by atomic mass is 14.7. The van der Waals surface area contributed by atoms with Gasteiger partial charge >= 0.3 is 0 Å². The van der Waals surface area contributed by atoms with E-state index in [1.165, 1.54) is 11.1 Å². The Labute approximate surface area is 219 Å². The molecule has 0 unspecified atom stereocenters. The molecule has 37 heavy (non-hydrogen) atoms. The van der Waals surface area contributed by atoms with Crippen LogP contribution in [0.4, 0.5) is 5.69 Å². The summed E-state index contributed by atoms with van der Waals surface area (Å²) in [6, 6.07) is 36.1. The number of pyridine rings is 1. The molecule has 0 radical (unpaired) electrons. The fourth-order valence-corrected chi connectivity index (χ4v) is 4.96. The fraction of sp³-hybridized carbons (Fsp3) is 0.147. The highest BCUT2D eigenvalue weighted by molar-refractivity contribution is 5.85. The lowest BCUT2D eigenvalue weighted by Crippen LogP contribution is -1.98. The molecule has 0 bridgehead atoms. The molecule has 4 N–H and O–H groups in total. The van der Waals surface area contributed by atoms with Gasteiger partial charge in [-0.1, -0.05) is 98.8 Å². The first-order valence-corrected chi connectivity index (χ1v) is 13.0. The molecule has 1 heterocycles. The van der Waals surface area contributed by atoms with E-state index in [2.05, 4.69) is 117 Å².